The summed E-state index contributed by atoms with van der Waals surface area (Å²) in [5.41, 5.74) is 3.87. The number of alkyl halides is 3. The largest absolute Gasteiger partial charge is 0.573 e. The average Bonchev–Trinajstić information content (AvgIpc) is 3.02. The second-order valence-electron chi connectivity index (χ2n) is 6.82. The van der Waals surface area contributed by atoms with Crippen LogP contribution in [0.25, 0.3) is 27.7 Å². The molecule has 0 aliphatic heterocycles. The number of nitrogens with zero attached hydrogens (tertiary/aromatic N) is 2. The second kappa shape index (κ2) is 6.84. The molecule has 2 aromatic heterocycles. The number of hydrogen-bond acceptors (Lipinski definition) is 2. The summed E-state index contributed by atoms with van der Waals surface area (Å²) in [5, 5.41) is 1.11. The third-order valence-electron chi connectivity index (χ3n) is 4.81. The number of rotatable bonds is 3. The first kappa shape index (κ1) is 18.9. The van der Waals surface area contributed by atoms with Crippen LogP contribution in [-0.2, 0) is 7.05 Å². The third kappa shape index (κ3) is 3.76. The van der Waals surface area contributed by atoms with Crippen molar-refractivity contribution in [1.29, 1.82) is 0 Å². The predicted molar refractivity (Wildman–Crippen MR) is 105 cm³/mol. The van der Waals surface area contributed by atoms with Crippen molar-refractivity contribution in [2.24, 2.45) is 7.05 Å². The van der Waals surface area contributed by atoms with E-state index in [0.717, 1.165) is 27.6 Å². The van der Waals surface area contributed by atoms with E-state index in [0.29, 0.717) is 5.69 Å². The maximum absolute atomic E-state index is 12.5. The summed E-state index contributed by atoms with van der Waals surface area (Å²) in [4.78, 5) is 12.5. The quantitative estimate of drug-likeness (QED) is 0.475. The van der Waals surface area contributed by atoms with Crippen LogP contribution in [0.5, 0.6) is 5.75 Å². The average molecular weight is 398 g/mol. The first-order chi connectivity index (χ1) is 13.7. The van der Waals surface area contributed by atoms with Gasteiger partial charge in [-0.15, -0.1) is 13.2 Å². The van der Waals surface area contributed by atoms with Crippen LogP contribution in [0.15, 0.2) is 71.8 Å². The number of pyridine rings is 1. The molecule has 0 amide bonds. The van der Waals surface area contributed by atoms with E-state index >= 15 is 0 Å². The summed E-state index contributed by atoms with van der Waals surface area (Å²) in [7, 11) is 1.96. The van der Waals surface area contributed by atoms with Crippen LogP contribution in [0.2, 0.25) is 0 Å². The second-order valence-corrected chi connectivity index (χ2v) is 6.82. The summed E-state index contributed by atoms with van der Waals surface area (Å²) >= 11 is 0. The zero-order valence-electron chi connectivity index (χ0n) is 15.7. The normalized spacial score (nSPS) is 11.8. The standard InChI is InChI=1S/C22H17F3N2O2/c1-14-11-21(28)27(17-5-7-18(8-6-17)29-22(23,24)25)13-19(14)16-4-3-15-9-10-26(2)20(15)12-16/h3-13H,1-2H3. The SMILES string of the molecule is Cc1cc(=O)n(-c2ccc(OC(F)(F)F)cc2)cc1-c1ccc2ccn(C)c2c1. The molecule has 0 fully saturated rings. The fraction of sp³-hybridized carbons (Fsp3) is 0.136. The van der Waals surface area contributed by atoms with Gasteiger partial charge in [0.25, 0.3) is 5.56 Å². The van der Waals surface area contributed by atoms with Crippen molar-refractivity contribution < 1.29 is 17.9 Å². The molecular weight excluding hydrogens is 381 g/mol. The van der Waals surface area contributed by atoms with Crippen LogP contribution in [0, 0.1) is 6.92 Å². The molecule has 0 aliphatic rings. The molecule has 0 saturated carbocycles. The van der Waals surface area contributed by atoms with Gasteiger partial charge in [0, 0.05) is 42.3 Å². The van der Waals surface area contributed by atoms with E-state index in [9.17, 15) is 18.0 Å². The first-order valence-corrected chi connectivity index (χ1v) is 8.86. The van der Waals surface area contributed by atoms with E-state index in [4.69, 9.17) is 0 Å². The molecule has 148 valence electrons. The molecule has 4 rings (SSSR count). The fourth-order valence-corrected chi connectivity index (χ4v) is 3.37. The minimum Gasteiger partial charge on any atom is -0.406 e. The van der Waals surface area contributed by atoms with Gasteiger partial charge in [0.2, 0.25) is 0 Å². The van der Waals surface area contributed by atoms with E-state index in [-0.39, 0.29) is 11.3 Å². The van der Waals surface area contributed by atoms with Gasteiger partial charge in [0.1, 0.15) is 5.75 Å². The molecule has 0 aliphatic carbocycles. The monoisotopic (exact) mass is 398 g/mol. The molecule has 0 unspecified atom stereocenters. The molecule has 7 heteroatoms. The minimum atomic E-state index is -4.76. The maximum atomic E-state index is 12.5. The van der Waals surface area contributed by atoms with Crippen LogP contribution >= 0.6 is 0 Å². The van der Waals surface area contributed by atoms with Crippen LogP contribution in [0.3, 0.4) is 0 Å². The summed E-state index contributed by atoms with van der Waals surface area (Å²) in [5.74, 6) is -0.337. The smallest absolute Gasteiger partial charge is 0.406 e. The molecule has 29 heavy (non-hydrogen) atoms. The summed E-state index contributed by atoms with van der Waals surface area (Å²) in [6, 6.07) is 14.8. The van der Waals surface area contributed by atoms with Gasteiger partial charge < -0.3 is 9.30 Å². The number of benzene rings is 2. The molecule has 0 N–H and O–H groups in total. The number of hydrogen-bond donors (Lipinski definition) is 0. The molecular formula is C22H17F3N2O2. The Balaban J connectivity index is 1.77. The van der Waals surface area contributed by atoms with E-state index in [1.54, 1.807) is 6.20 Å². The Kier molecular flexibility index (Phi) is 4.45. The van der Waals surface area contributed by atoms with Gasteiger partial charge in [0.15, 0.2) is 0 Å². The van der Waals surface area contributed by atoms with Gasteiger partial charge in [-0.25, -0.2) is 0 Å². The van der Waals surface area contributed by atoms with Crippen molar-refractivity contribution in [3.05, 3.63) is 82.9 Å². The lowest BCUT2D eigenvalue weighted by atomic mass is 10.0. The van der Waals surface area contributed by atoms with E-state index in [1.807, 2.05) is 49.0 Å². The molecule has 0 saturated heterocycles. The number of ether oxygens (including phenoxy) is 1. The van der Waals surface area contributed by atoms with Crippen molar-refractivity contribution in [3.8, 4) is 22.6 Å². The van der Waals surface area contributed by atoms with Crippen molar-refractivity contribution in [1.82, 2.24) is 9.13 Å². The van der Waals surface area contributed by atoms with Crippen molar-refractivity contribution >= 4 is 10.9 Å². The summed E-state index contributed by atoms with van der Waals surface area (Å²) in [6.45, 7) is 1.86. The van der Waals surface area contributed by atoms with Gasteiger partial charge >= 0.3 is 6.36 Å². The summed E-state index contributed by atoms with van der Waals surface area (Å²) in [6.07, 6.45) is -1.07. The molecule has 4 nitrogen and oxygen atoms in total. The van der Waals surface area contributed by atoms with Crippen molar-refractivity contribution in [2.45, 2.75) is 13.3 Å². The Morgan fingerprint density at radius 3 is 2.38 bits per heavy atom. The Morgan fingerprint density at radius 2 is 1.69 bits per heavy atom. The lowest BCUT2D eigenvalue weighted by Crippen LogP contribution is -2.19. The minimum absolute atomic E-state index is 0.268. The molecule has 0 atom stereocenters. The molecule has 2 aromatic carbocycles. The zero-order valence-corrected chi connectivity index (χ0v) is 15.7. The van der Waals surface area contributed by atoms with Gasteiger partial charge in [-0.05, 0) is 59.8 Å². The van der Waals surface area contributed by atoms with Gasteiger partial charge in [-0.1, -0.05) is 12.1 Å². The topological polar surface area (TPSA) is 36.2 Å². The van der Waals surface area contributed by atoms with Crippen molar-refractivity contribution in [2.75, 3.05) is 0 Å². The fourth-order valence-electron chi connectivity index (χ4n) is 3.37. The number of halogens is 3. The molecule has 0 spiro atoms. The zero-order chi connectivity index (χ0) is 20.8. The lowest BCUT2D eigenvalue weighted by molar-refractivity contribution is -0.274. The Labute approximate surface area is 164 Å². The van der Waals surface area contributed by atoms with Crippen LogP contribution in [0.1, 0.15) is 5.56 Å². The molecule has 0 bridgehead atoms. The third-order valence-corrected chi connectivity index (χ3v) is 4.81. The van der Waals surface area contributed by atoms with Gasteiger partial charge in [-0.3, -0.25) is 9.36 Å². The van der Waals surface area contributed by atoms with Crippen LogP contribution < -0.4 is 10.3 Å². The van der Waals surface area contributed by atoms with Gasteiger partial charge in [0.05, 0.1) is 0 Å². The van der Waals surface area contributed by atoms with E-state index in [1.165, 1.54) is 34.9 Å². The first-order valence-electron chi connectivity index (χ1n) is 8.86. The lowest BCUT2D eigenvalue weighted by Gasteiger charge is -2.13. The highest BCUT2D eigenvalue weighted by Gasteiger charge is 2.31. The highest BCUT2D eigenvalue weighted by Crippen LogP contribution is 2.28. The highest BCUT2D eigenvalue weighted by atomic mass is 19.4. The summed E-state index contributed by atoms with van der Waals surface area (Å²) < 4.78 is 44.4. The Bertz CT molecular complexity index is 1250. The van der Waals surface area contributed by atoms with E-state index < -0.39 is 6.36 Å². The molecule has 2 heterocycles. The highest BCUT2D eigenvalue weighted by molar-refractivity contribution is 5.85. The Morgan fingerprint density at radius 1 is 0.966 bits per heavy atom. The molecule has 0 radical (unpaired) electrons. The number of fused-ring (bicyclic) bond motifs is 1. The van der Waals surface area contributed by atoms with Crippen molar-refractivity contribution in [3.63, 3.8) is 0 Å². The van der Waals surface area contributed by atoms with E-state index in [2.05, 4.69) is 4.74 Å². The Hall–Kier alpha value is -3.48. The number of aromatic nitrogens is 2. The number of aryl methyl sites for hydroxylation is 2. The predicted octanol–water partition coefficient (Wildman–Crippen LogP) is 5.20. The molecule has 4 aromatic rings. The van der Waals surface area contributed by atoms with Crippen LogP contribution in [0.4, 0.5) is 13.2 Å². The van der Waals surface area contributed by atoms with Crippen LogP contribution in [-0.4, -0.2) is 15.5 Å². The maximum Gasteiger partial charge on any atom is 0.573 e. The van der Waals surface area contributed by atoms with Gasteiger partial charge in [-0.2, -0.15) is 0 Å².